The Morgan fingerprint density at radius 1 is 1.12 bits per heavy atom. The molecule has 12 heteroatoms. The Morgan fingerprint density at radius 3 is 2.53 bits per heavy atom. The molecule has 0 bridgehead atoms. The first-order valence-corrected chi connectivity index (χ1v) is 10.8. The van der Waals surface area contributed by atoms with Crippen LogP contribution in [-0.4, -0.2) is 50.0 Å². The Morgan fingerprint density at radius 2 is 1.85 bits per heavy atom. The Bertz CT molecular complexity index is 1290. The molecule has 0 unspecified atom stereocenters. The maximum absolute atomic E-state index is 13.6. The van der Waals surface area contributed by atoms with Gasteiger partial charge in [0.25, 0.3) is 0 Å². The number of carbonyl (C=O) groups is 2. The zero-order valence-electron chi connectivity index (χ0n) is 18.5. The van der Waals surface area contributed by atoms with E-state index in [4.69, 9.17) is 16.2 Å². The van der Waals surface area contributed by atoms with Gasteiger partial charge in [-0.25, -0.2) is 14.4 Å². The van der Waals surface area contributed by atoms with Gasteiger partial charge in [0.2, 0.25) is 0 Å². The minimum atomic E-state index is -1.20. The number of carbonyl (C=O) groups excluding carboxylic acids is 1. The van der Waals surface area contributed by atoms with Crippen LogP contribution in [0.25, 0.3) is 5.69 Å². The molecule has 34 heavy (non-hydrogen) atoms. The van der Waals surface area contributed by atoms with Crippen molar-refractivity contribution in [2.75, 3.05) is 23.5 Å². The van der Waals surface area contributed by atoms with Crippen LogP contribution in [0.3, 0.4) is 0 Å². The van der Waals surface area contributed by atoms with Crippen LogP contribution in [0.5, 0.6) is 5.75 Å². The van der Waals surface area contributed by atoms with E-state index in [1.165, 1.54) is 30.2 Å². The third-order valence-corrected chi connectivity index (χ3v) is 5.95. The Kier molecular flexibility index (Phi) is 6.21. The molecule has 0 radical (unpaired) electrons. The Balaban J connectivity index is 1.80. The molecule has 1 aliphatic rings. The van der Waals surface area contributed by atoms with E-state index in [0.29, 0.717) is 23.2 Å². The monoisotopic (exact) mass is 467 g/mol. The second-order valence-corrected chi connectivity index (χ2v) is 8.00. The second-order valence-electron chi connectivity index (χ2n) is 8.00. The summed E-state index contributed by atoms with van der Waals surface area (Å²) in [6.45, 7) is 0. The number of methoxy groups -OCH3 is 1. The number of nitrogens with zero attached hydrogens (tertiary/aromatic N) is 5. The van der Waals surface area contributed by atoms with E-state index in [9.17, 15) is 19.5 Å². The van der Waals surface area contributed by atoms with Crippen LogP contribution in [0.1, 0.15) is 42.5 Å². The summed E-state index contributed by atoms with van der Waals surface area (Å²) in [5.41, 5.74) is 11.8. The van der Waals surface area contributed by atoms with Crippen molar-refractivity contribution in [2.24, 2.45) is 0 Å². The summed E-state index contributed by atoms with van der Waals surface area (Å²) in [5.74, 6) is -1.04. The number of carboxylic acid groups (broad SMARTS) is 1. The van der Waals surface area contributed by atoms with E-state index in [2.05, 4.69) is 10.4 Å². The van der Waals surface area contributed by atoms with Gasteiger partial charge in [0, 0.05) is 11.7 Å². The van der Waals surface area contributed by atoms with Gasteiger partial charge in [0.15, 0.2) is 0 Å². The van der Waals surface area contributed by atoms with Gasteiger partial charge in [-0.15, -0.1) is 4.68 Å². The minimum Gasteiger partial charge on any atom is -0.496 e. The molecule has 1 fully saturated rings. The molecule has 1 saturated carbocycles. The van der Waals surface area contributed by atoms with Crippen LogP contribution in [0.4, 0.5) is 21.9 Å². The largest absolute Gasteiger partial charge is 0.496 e. The number of amides is 1. The normalized spacial score (nSPS) is 14.0. The number of hydrogen-bond donors (Lipinski definition) is 3. The van der Waals surface area contributed by atoms with Gasteiger partial charge in [0.05, 0.1) is 24.2 Å². The predicted molar refractivity (Wildman–Crippen MR) is 125 cm³/mol. The molecular formula is C22H25N7O5. The molecule has 0 saturated heterocycles. The third kappa shape index (κ3) is 4.05. The molecule has 1 heterocycles. The quantitative estimate of drug-likeness (QED) is 0.375. The van der Waals surface area contributed by atoms with E-state index in [0.717, 1.165) is 23.9 Å². The van der Waals surface area contributed by atoms with Gasteiger partial charge in [-0.05, 0) is 53.6 Å². The van der Waals surface area contributed by atoms with E-state index >= 15 is 0 Å². The zero-order valence-corrected chi connectivity index (χ0v) is 18.5. The first-order chi connectivity index (χ1) is 16.3. The summed E-state index contributed by atoms with van der Waals surface area (Å²) in [4.78, 5) is 39.9. The first-order valence-electron chi connectivity index (χ1n) is 10.8. The summed E-state index contributed by atoms with van der Waals surface area (Å²) in [7, 11) is 1.37. The van der Waals surface area contributed by atoms with Crippen molar-refractivity contribution in [1.82, 2.24) is 19.8 Å². The first kappa shape index (κ1) is 22.8. The summed E-state index contributed by atoms with van der Waals surface area (Å²) < 4.78 is 6.68. The molecule has 0 atom stereocenters. The van der Waals surface area contributed by atoms with Gasteiger partial charge in [-0.3, -0.25) is 4.90 Å². The van der Waals surface area contributed by atoms with Crippen molar-refractivity contribution < 1.29 is 19.4 Å². The molecule has 4 rings (SSSR count). The number of nitrogens with two attached hydrogens (primary N) is 2. The average Bonchev–Trinajstić information content (AvgIpc) is 3.22. The number of carboxylic acids is 1. The molecule has 1 amide bonds. The van der Waals surface area contributed by atoms with Gasteiger partial charge < -0.3 is 21.3 Å². The van der Waals surface area contributed by atoms with Crippen molar-refractivity contribution >= 4 is 29.1 Å². The lowest BCUT2D eigenvalue weighted by atomic mass is 9.94. The van der Waals surface area contributed by atoms with E-state index < -0.39 is 17.7 Å². The summed E-state index contributed by atoms with van der Waals surface area (Å²) in [6, 6.07) is 8.16. The number of para-hydroxylation sites is 1. The number of aromatic carboxylic acids is 1. The number of anilines is 3. The van der Waals surface area contributed by atoms with Crippen LogP contribution < -0.4 is 26.8 Å². The zero-order chi connectivity index (χ0) is 24.4. The number of rotatable bonds is 5. The molecule has 12 nitrogen and oxygen atoms in total. The summed E-state index contributed by atoms with van der Waals surface area (Å²) >= 11 is 0. The number of hydrogen-bond acceptors (Lipinski definition) is 8. The number of nitrogen functional groups attached to an aromatic ring is 2. The van der Waals surface area contributed by atoms with Crippen LogP contribution in [-0.2, 0) is 0 Å². The maximum atomic E-state index is 13.6. The van der Waals surface area contributed by atoms with Crippen LogP contribution in [0, 0.1) is 0 Å². The topological polar surface area (TPSA) is 172 Å². The third-order valence-electron chi connectivity index (χ3n) is 5.95. The Hall–Kier alpha value is -4.35. The van der Waals surface area contributed by atoms with E-state index in [-0.39, 0.29) is 34.4 Å². The predicted octanol–water partition coefficient (Wildman–Crippen LogP) is 2.11. The highest BCUT2D eigenvalue weighted by Gasteiger charge is 2.31. The highest BCUT2D eigenvalue weighted by atomic mass is 16.5. The maximum Gasteiger partial charge on any atom is 0.377 e. The number of aromatic nitrogens is 4. The lowest BCUT2D eigenvalue weighted by Crippen LogP contribution is -2.47. The molecule has 0 aliphatic heterocycles. The molecule has 178 valence electrons. The smallest absolute Gasteiger partial charge is 0.377 e. The fourth-order valence-corrected chi connectivity index (χ4v) is 4.20. The lowest BCUT2D eigenvalue weighted by Gasteiger charge is -2.33. The van der Waals surface area contributed by atoms with Crippen molar-refractivity contribution in [3.05, 3.63) is 52.4 Å². The minimum absolute atomic E-state index is 0.0999. The standard InChI is InChI=1S/C22H25N7O5/c1-34-18-11-10-14(12-15(18)20(30)31)27(13-6-3-2-4-7-13)21(32)29-22(33)28(25-26-29)17-9-5-8-16(23)19(17)24/h5,8-13H,2-4,6-7,23-24H2,1H3,(H,30,31). The molecule has 2 aromatic carbocycles. The van der Waals surface area contributed by atoms with Gasteiger partial charge in [-0.1, -0.05) is 25.3 Å². The lowest BCUT2D eigenvalue weighted by molar-refractivity contribution is 0.0693. The number of tetrazole rings is 1. The fourth-order valence-electron chi connectivity index (χ4n) is 4.20. The molecule has 1 aliphatic carbocycles. The SMILES string of the molecule is COc1ccc(N(C(=O)n2nnn(-c3cccc(N)c3N)c2=O)C2CCCCC2)cc1C(=O)O. The van der Waals surface area contributed by atoms with Gasteiger partial charge in [0.1, 0.15) is 11.3 Å². The average molecular weight is 467 g/mol. The summed E-state index contributed by atoms with van der Waals surface area (Å²) in [6.07, 6.45) is 4.23. The van der Waals surface area contributed by atoms with Crippen molar-refractivity contribution in [1.29, 1.82) is 0 Å². The highest BCUT2D eigenvalue weighted by Crippen LogP contribution is 2.31. The van der Waals surface area contributed by atoms with Gasteiger partial charge >= 0.3 is 17.7 Å². The second kappa shape index (κ2) is 9.25. The highest BCUT2D eigenvalue weighted by molar-refractivity contribution is 5.97. The van der Waals surface area contributed by atoms with Crippen molar-refractivity contribution in [2.45, 2.75) is 38.1 Å². The number of ether oxygens (including phenoxy) is 1. The molecule has 1 aromatic heterocycles. The van der Waals surface area contributed by atoms with Crippen LogP contribution in [0.2, 0.25) is 0 Å². The van der Waals surface area contributed by atoms with E-state index in [1.54, 1.807) is 18.2 Å². The van der Waals surface area contributed by atoms with E-state index in [1.807, 2.05) is 0 Å². The van der Waals surface area contributed by atoms with Crippen LogP contribution >= 0.6 is 0 Å². The molecule has 3 aromatic rings. The molecular weight excluding hydrogens is 442 g/mol. The van der Waals surface area contributed by atoms with Crippen molar-refractivity contribution in [3.63, 3.8) is 0 Å². The number of benzene rings is 2. The van der Waals surface area contributed by atoms with Crippen LogP contribution in [0.15, 0.2) is 41.2 Å². The fraction of sp³-hybridized carbons (Fsp3) is 0.318. The summed E-state index contributed by atoms with van der Waals surface area (Å²) in [5, 5.41) is 17.2. The molecule has 5 N–H and O–H groups in total. The Labute approximate surface area is 194 Å². The van der Waals surface area contributed by atoms with Crippen molar-refractivity contribution in [3.8, 4) is 11.4 Å². The molecule has 0 spiro atoms. The van der Waals surface area contributed by atoms with Gasteiger partial charge in [-0.2, -0.15) is 4.68 Å².